The van der Waals surface area contributed by atoms with Crippen LogP contribution in [0.5, 0.6) is 0 Å². The van der Waals surface area contributed by atoms with Gasteiger partial charge in [0.2, 0.25) is 0 Å². The first kappa shape index (κ1) is 22.6. The van der Waals surface area contributed by atoms with E-state index in [4.69, 9.17) is 9.47 Å². The van der Waals surface area contributed by atoms with Crippen molar-refractivity contribution in [1.82, 2.24) is 4.90 Å². The van der Waals surface area contributed by atoms with Crippen molar-refractivity contribution in [1.29, 1.82) is 0 Å². The van der Waals surface area contributed by atoms with Crippen LogP contribution >= 0.6 is 0 Å². The Balaban J connectivity index is 1.89. The fraction of sp³-hybridized carbons (Fsp3) is 0.667. The third kappa shape index (κ3) is 3.70. The first-order valence-electron chi connectivity index (χ1n) is 10.8. The van der Waals surface area contributed by atoms with Crippen molar-refractivity contribution < 1.29 is 24.2 Å². The van der Waals surface area contributed by atoms with Crippen molar-refractivity contribution in [3.63, 3.8) is 0 Å². The molecule has 1 heterocycles. The Bertz CT molecular complexity index is 817. The van der Waals surface area contributed by atoms with E-state index in [0.717, 1.165) is 11.1 Å². The number of esters is 1. The van der Waals surface area contributed by atoms with Crippen molar-refractivity contribution in [3.05, 3.63) is 35.4 Å². The highest BCUT2D eigenvalue weighted by Gasteiger charge is 2.61. The minimum atomic E-state index is -1.33. The summed E-state index contributed by atoms with van der Waals surface area (Å²) in [7, 11) is 0. The number of likely N-dealkylation sites (tertiary alicyclic amines) is 1. The number of carbonyl (C=O) groups excluding carboxylic acids is 2. The van der Waals surface area contributed by atoms with E-state index in [-0.39, 0.29) is 18.1 Å². The third-order valence-corrected chi connectivity index (χ3v) is 6.73. The average Bonchev–Trinajstić information content (AvgIpc) is 2.91. The van der Waals surface area contributed by atoms with Crippen LogP contribution in [0.4, 0.5) is 4.79 Å². The number of piperidine rings is 1. The van der Waals surface area contributed by atoms with Crippen molar-refractivity contribution in [2.45, 2.75) is 77.4 Å². The molecule has 2 aliphatic rings. The molecule has 1 spiro atoms. The second-order valence-corrected chi connectivity index (χ2v) is 10.2. The Morgan fingerprint density at radius 2 is 1.63 bits per heavy atom. The summed E-state index contributed by atoms with van der Waals surface area (Å²) in [5.41, 5.74) is -1.36. The van der Waals surface area contributed by atoms with Crippen LogP contribution in [0.2, 0.25) is 0 Å². The molecule has 1 fully saturated rings. The van der Waals surface area contributed by atoms with Gasteiger partial charge in [0, 0.05) is 18.5 Å². The summed E-state index contributed by atoms with van der Waals surface area (Å²) in [6.07, 6.45) is 1.56. The zero-order valence-electron chi connectivity index (χ0n) is 19.1. The second kappa shape index (κ2) is 7.56. The number of hydrogen-bond acceptors (Lipinski definition) is 5. The molecule has 1 N–H and O–H groups in total. The molecular formula is C24H35NO5. The Morgan fingerprint density at radius 3 is 2.17 bits per heavy atom. The van der Waals surface area contributed by atoms with Crippen LogP contribution < -0.4 is 0 Å². The van der Waals surface area contributed by atoms with Gasteiger partial charge < -0.3 is 19.5 Å². The second-order valence-electron chi connectivity index (χ2n) is 10.2. The van der Waals surface area contributed by atoms with E-state index >= 15 is 0 Å². The molecule has 1 saturated heterocycles. The van der Waals surface area contributed by atoms with Gasteiger partial charge >= 0.3 is 12.1 Å². The standard InChI is InChI=1S/C24H35NO5/c1-7-29-19(26)22(5,6)24(28)16-23(17-10-8-9-11-18(17)24)12-14-25(15-13-23)20(27)30-21(2,3)4/h8-11,28H,7,12-16H2,1-6H3. The lowest BCUT2D eigenvalue weighted by molar-refractivity contribution is -0.174. The molecule has 30 heavy (non-hydrogen) atoms. The highest BCUT2D eigenvalue weighted by molar-refractivity contribution is 5.79. The molecule has 0 saturated carbocycles. The van der Waals surface area contributed by atoms with Crippen molar-refractivity contribution >= 4 is 12.1 Å². The molecule has 0 radical (unpaired) electrons. The van der Waals surface area contributed by atoms with Gasteiger partial charge in [-0.25, -0.2) is 4.79 Å². The zero-order valence-corrected chi connectivity index (χ0v) is 19.1. The van der Waals surface area contributed by atoms with Gasteiger partial charge in [-0.1, -0.05) is 24.3 Å². The lowest BCUT2D eigenvalue weighted by atomic mass is 9.67. The van der Waals surface area contributed by atoms with Crippen LogP contribution in [0, 0.1) is 5.41 Å². The van der Waals surface area contributed by atoms with E-state index in [1.807, 2.05) is 39.0 Å². The highest BCUT2D eigenvalue weighted by atomic mass is 16.6. The van der Waals surface area contributed by atoms with Crippen molar-refractivity contribution in [2.75, 3.05) is 19.7 Å². The third-order valence-electron chi connectivity index (χ3n) is 6.73. The normalized spacial score (nSPS) is 23.2. The molecule has 0 aromatic heterocycles. The SMILES string of the molecule is CCOC(=O)C(C)(C)C1(O)CC2(CCN(C(=O)OC(C)(C)C)CC2)c2ccccc21. The molecule has 1 amide bonds. The van der Waals surface area contributed by atoms with Crippen molar-refractivity contribution in [2.24, 2.45) is 5.41 Å². The minimum Gasteiger partial charge on any atom is -0.465 e. The summed E-state index contributed by atoms with van der Waals surface area (Å²) in [5, 5.41) is 11.9. The number of nitrogens with zero attached hydrogens (tertiary/aromatic N) is 1. The molecule has 1 atom stereocenters. The molecule has 3 rings (SSSR count). The smallest absolute Gasteiger partial charge is 0.410 e. The van der Waals surface area contributed by atoms with Gasteiger partial charge in [-0.3, -0.25) is 4.79 Å². The lowest BCUT2D eigenvalue weighted by Crippen LogP contribution is -2.50. The number of rotatable bonds is 3. The van der Waals surface area contributed by atoms with E-state index in [1.165, 1.54) is 0 Å². The van der Waals surface area contributed by atoms with Gasteiger partial charge in [-0.15, -0.1) is 0 Å². The van der Waals surface area contributed by atoms with Crippen LogP contribution in [0.3, 0.4) is 0 Å². The molecule has 1 aliphatic heterocycles. The maximum absolute atomic E-state index is 12.8. The summed E-state index contributed by atoms with van der Waals surface area (Å²) in [6, 6.07) is 7.85. The average molecular weight is 418 g/mol. The van der Waals surface area contributed by atoms with Gasteiger partial charge in [-0.05, 0) is 71.9 Å². The van der Waals surface area contributed by atoms with Crippen LogP contribution in [0.1, 0.15) is 71.9 Å². The van der Waals surface area contributed by atoms with E-state index < -0.39 is 22.6 Å². The molecular weight excluding hydrogens is 382 g/mol. The summed E-state index contributed by atoms with van der Waals surface area (Å²) >= 11 is 0. The predicted molar refractivity (Wildman–Crippen MR) is 114 cm³/mol. The maximum atomic E-state index is 12.8. The fourth-order valence-corrected chi connectivity index (χ4v) is 4.91. The highest BCUT2D eigenvalue weighted by Crippen LogP contribution is 2.59. The largest absolute Gasteiger partial charge is 0.465 e. The van der Waals surface area contributed by atoms with Crippen LogP contribution in [-0.4, -0.2) is 47.4 Å². The Kier molecular flexibility index (Phi) is 5.69. The van der Waals surface area contributed by atoms with Crippen molar-refractivity contribution in [3.8, 4) is 0 Å². The van der Waals surface area contributed by atoms with Gasteiger partial charge in [0.1, 0.15) is 11.2 Å². The first-order chi connectivity index (χ1) is 13.9. The number of ether oxygens (including phenoxy) is 2. The minimum absolute atomic E-state index is 0.274. The zero-order chi connectivity index (χ0) is 22.4. The number of benzene rings is 1. The summed E-state index contributed by atoms with van der Waals surface area (Å²) < 4.78 is 10.8. The van der Waals surface area contributed by atoms with E-state index in [1.54, 1.807) is 25.7 Å². The molecule has 1 aromatic carbocycles. The molecule has 1 aromatic rings. The van der Waals surface area contributed by atoms with Crippen LogP contribution in [0.15, 0.2) is 24.3 Å². The van der Waals surface area contributed by atoms with E-state index in [0.29, 0.717) is 32.4 Å². The quantitative estimate of drug-likeness (QED) is 0.748. The van der Waals surface area contributed by atoms with E-state index in [9.17, 15) is 14.7 Å². The van der Waals surface area contributed by atoms with Crippen LogP contribution in [-0.2, 0) is 25.3 Å². The molecule has 166 valence electrons. The Labute approximate surface area is 179 Å². The van der Waals surface area contributed by atoms with Gasteiger partial charge in [-0.2, -0.15) is 0 Å². The van der Waals surface area contributed by atoms with E-state index in [2.05, 4.69) is 6.07 Å². The lowest BCUT2D eigenvalue weighted by Gasteiger charge is -2.43. The van der Waals surface area contributed by atoms with Crippen LogP contribution in [0.25, 0.3) is 0 Å². The topological polar surface area (TPSA) is 76.1 Å². The Morgan fingerprint density at radius 1 is 1.07 bits per heavy atom. The molecule has 6 heteroatoms. The molecule has 1 unspecified atom stereocenters. The van der Waals surface area contributed by atoms with Gasteiger partial charge in [0.15, 0.2) is 0 Å². The molecule has 6 nitrogen and oxygen atoms in total. The molecule has 0 bridgehead atoms. The first-order valence-corrected chi connectivity index (χ1v) is 10.8. The number of amides is 1. The van der Waals surface area contributed by atoms with Gasteiger partial charge in [0.25, 0.3) is 0 Å². The van der Waals surface area contributed by atoms with Gasteiger partial charge in [0.05, 0.1) is 12.0 Å². The number of fused-ring (bicyclic) bond motifs is 2. The predicted octanol–water partition coefficient (Wildman–Crippen LogP) is 4.14. The Hall–Kier alpha value is -2.08. The number of hydrogen-bond donors (Lipinski definition) is 1. The summed E-state index contributed by atoms with van der Waals surface area (Å²) in [5.74, 6) is -0.398. The fourth-order valence-electron chi connectivity index (χ4n) is 4.91. The summed E-state index contributed by atoms with van der Waals surface area (Å²) in [6.45, 7) is 12.3. The monoisotopic (exact) mass is 417 g/mol. The molecule has 1 aliphatic carbocycles. The number of aliphatic hydroxyl groups is 1. The maximum Gasteiger partial charge on any atom is 0.410 e. The summed E-state index contributed by atoms with van der Waals surface area (Å²) in [4.78, 5) is 27.0. The number of carbonyl (C=O) groups is 2.